The predicted octanol–water partition coefficient (Wildman–Crippen LogP) is 2.86. The maximum absolute atomic E-state index is 8.75. The minimum atomic E-state index is -0.345. The number of hydrogen-bond donors (Lipinski definition) is 0. The second kappa shape index (κ2) is 4.50. The van der Waals surface area contributed by atoms with Crippen LogP contribution in [-0.2, 0) is 0 Å². The van der Waals surface area contributed by atoms with Crippen molar-refractivity contribution < 1.29 is 0 Å². The van der Waals surface area contributed by atoms with Gasteiger partial charge < -0.3 is 0 Å². The van der Waals surface area contributed by atoms with Crippen LogP contribution in [0.1, 0.15) is 17.9 Å². The first-order valence-corrected chi connectivity index (χ1v) is 4.17. The third kappa shape index (κ3) is 2.47. The molecule has 2 nitrogen and oxygen atoms in total. The van der Waals surface area contributed by atoms with Crippen LogP contribution in [0.15, 0.2) is 24.3 Å². The number of nitriles is 2. The van der Waals surface area contributed by atoms with Crippen LogP contribution in [0, 0.1) is 22.7 Å². The van der Waals surface area contributed by atoms with Crippen molar-refractivity contribution in [3.05, 3.63) is 34.9 Å². The van der Waals surface area contributed by atoms with Crippen molar-refractivity contribution in [3.63, 3.8) is 0 Å². The molecule has 0 saturated carbocycles. The molecule has 0 radical (unpaired) electrons. The van der Waals surface area contributed by atoms with Crippen LogP contribution in [0.2, 0.25) is 5.02 Å². The van der Waals surface area contributed by atoms with E-state index in [1.54, 1.807) is 24.3 Å². The zero-order valence-corrected chi connectivity index (χ0v) is 7.62. The third-order valence-corrected chi connectivity index (χ3v) is 1.98. The summed E-state index contributed by atoms with van der Waals surface area (Å²) in [6, 6.07) is 11.0. The summed E-state index contributed by atoms with van der Waals surface area (Å²) in [6.45, 7) is 0. The molecule has 1 aromatic carbocycles. The molecule has 0 spiro atoms. The molecule has 0 aliphatic heterocycles. The van der Waals surface area contributed by atoms with E-state index in [4.69, 9.17) is 22.1 Å². The summed E-state index contributed by atoms with van der Waals surface area (Å²) in [4.78, 5) is 0. The molecule has 13 heavy (non-hydrogen) atoms. The van der Waals surface area contributed by atoms with Crippen LogP contribution in [-0.4, -0.2) is 0 Å². The van der Waals surface area contributed by atoms with Crippen LogP contribution < -0.4 is 0 Å². The van der Waals surface area contributed by atoms with E-state index in [-0.39, 0.29) is 12.3 Å². The zero-order valence-electron chi connectivity index (χ0n) is 6.87. The van der Waals surface area contributed by atoms with E-state index in [0.717, 1.165) is 5.56 Å². The Hall–Kier alpha value is -1.51. The molecule has 0 fully saturated rings. The standard InChI is InChI=1S/C10H7ClN2/c11-10-3-1-8(2-4-10)9(7-13)5-6-12/h1-4,9H,5H2/t9-/m0/s1. The summed E-state index contributed by atoms with van der Waals surface area (Å²) in [5.74, 6) is -0.345. The molecule has 0 heterocycles. The lowest BCUT2D eigenvalue weighted by molar-refractivity contribution is 0.887. The van der Waals surface area contributed by atoms with Gasteiger partial charge in [0.1, 0.15) is 0 Å². The van der Waals surface area contributed by atoms with Gasteiger partial charge in [-0.3, -0.25) is 0 Å². The molecule has 0 aliphatic rings. The molecule has 0 saturated heterocycles. The molecular formula is C10H7ClN2. The normalized spacial score (nSPS) is 11.3. The molecule has 0 unspecified atom stereocenters. The molecule has 64 valence electrons. The molecule has 0 amide bonds. The minimum Gasteiger partial charge on any atom is -0.198 e. The predicted molar refractivity (Wildman–Crippen MR) is 50.0 cm³/mol. The highest BCUT2D eigenvalue weighted by atomic mass is 35.5. The molecule has 1 aromatic rings. The molecule has 1 rings (SSSR count). The van der Waals surface area contributed by atoms with Gasteiger partial charge in [-0.2, -0.15) is 10.5 Å². The molecule has 0 aromatic heterocycles. The van der Waals surface area contributed by atoms with Gasteiger partial charge in [0.2, 0.25) is 0 Å². The van der Waals surface area contributed by atoms with Gasteiger partial charge in [-0.05, 0) is 17.7 Å². The monoisotopic (exact) mass is 190 g/mol. The van der Waals surface area contributed by atoms with Crippen molar-refractivity contribution in [2.24, 2.45) is 0 Å². The number of hydrogen-bond acceptors (Lipinski definition) is 2. The second-order valence-corrected chi connectivity index (χ2v) is 3.03. The Morgan fingerprint density at radius 1 is 1.23 bits per heavy atom. The first-order valence-electron chi connectivity index (χ1n) is 3.80. The van der Waals surface area contributed by atoms with Crippen LogP contribution in [0.3, 0.4) is 0 Å². The maximum atomic E-state index is 8.75. The lowest BCUT2D eigenvalue weighted by Gasteiger charge is -2.03. The fourth-order valence-corrected chi connectivity index (χ4v) is 1.15. The van der Waals surface area contributed by atoms with Gasteiger partial charge >= 0.3 is 0 Å². The zero-order chi connectivity index (χ0) is 9.68. The van der Waals surface area contributed by atoms with Crippen molar-refractivity contribution >= 4 is 11.6 Å². The first kappa shape index (κ1) is 9.58. The highest BCUT2D eigenvalue weighted by Crippen LogP contribution is 2.20. The molecule has 0 aliphatic carbocycles. The summed E-state index contributed by atoms with van der Waals surface area (Å²) in [5, 5.41) is 17.8. The third-order valence-electron chi connectivity index (χ3n) is 1.72. The summed E-state index contributed by atoms with van der Waals surface area (Å²) in [5.41, 5.74) is 0.841. The van der Waals surface area contributed by atoms with Crippen LogP contribution in [0.4, 0.5) is 0 Å². The average molecular weight is 191 g/mol. The van der Waals surface area contributed by atoms with E-state index >= 15 is 0 Å². The highest BCUT2D eigenvalue weighted by molar-refractivity contribution is 6.30. The fraction of sp³-hybridized carbons (Fsp3) is 0.200. The lowest BCUT2D eigenvalue weighted by Crippen LogP contribution is -1.93. The van der Waals surface area contributed by atoms with Gasteiger partial charge in [-0.25, -0.2) is 0 Å². The minimum absolute atomic E-state index is 0.220. The quantitative estimate of drug-likeness (QED) is 0.720. The van der Waals surface area contributed by atoms with Crippen LogP contribution in [0.25, 0.3) is 0 Å². The highest BCUT2D eigenvalue weighted by Gasteiger charge is 2.08. The molecule has 0 bridgehead atoms. The van der Waals surface area contributed by atoms with Crippen LogP contribution in [0.5, 0.6) is 0 Å². The maximum Gasteiger partial charge on any atom is 0.0842 e. The van der Waals surface area contributed by atoms with Gasteiger partial charge in [-0.15, -0.1) is 0 Å². The Morgan fingerprint density at radius 3 is 2.31 bits per heavy atom. The summed E-state index contributed by atoms with van der Waals surface area (Å²) < 4.78 is 0. The second-order valence-electron chi connectivity index (χ2n) is 2.60. The molecule has 1 atom stereocenters. The van der Waals surface area contributed by atoms with E-state index in [0.29, 0.717) is 5.02 Å². The van der Waals surface area contributed by atoms with E-state index in [9.17, 15) is 0 Å². The van der Waals surface area contributed by atoms with Gasteiger partial charge in [0, 0.05) is 5.02 Å². The van der Waals surface area contributed by atoms with Crippen LogP contribution >= 0.6 is 11.6 Å². The average Bonchev–Trinajstić information content (AvgIpc) is 2.16. The molecule has 0 N–H and O–H groups in total. The van der Waals surface area contributed by atoms with Gasteiger partial charge in [0.15, 0.2) is 0 Å². The Labute approximate surface area is 82.0 Å². The lowest BCUT2D eigenvalue weighted by atomic mass is 9.98. The van der Waals surface area contributed by atoms with E-state index in [1.165, 1.54) is 0 Å². The number of halogens is 1. The van der Waals surface area contributed by atoms with Crippen molar-refractivity contribution in [1.29, 1.82) is 10.5 Å². The van der Waals surface area contributed by atoms with Crippen molar-refractivity contribution in [3.8, 4) is 12.1 Å². The van der Waals surface area contributed by atoms with E-state index in [2.05, 4.69) is 6.07 Å². The summed E-state index contributed by atoms with van der Waals surface area (Å²) >= 11 is 5.69. The van der Waals surface area contributed by atoms with Gasteiger partial charge in [0.25, 0.3) is 0 Å². The van der Waals surface area contributed by atoms with Crippen molar-refractivity contribution in [2.75, 3.05) is 0 Å². The van der Waals surface area contributed by atoms with E-state index < -0.39 is 0 Å². The molecule has 3 heteroatoms. The Bertz CT molecular complexity index is 356. The van der Waals surface area contributed by atoms with Crippen molar-refractivity contribution in [2.45, 2.75) is 12.3 Å². The Kier molecular flexibility index (Phi) is 3.31. The Morgan fingerprint density at radius 2 is 1.85 bits per heavy atom. The Balaban J connectivity index is 2.89. The number of nitrogens with zero attached hydrogens (tertiary/aromatic N) is 2. The summed E-state index contributed by atoms with van der Waals surface area (Å²) in [7, 11) is 0. The molecular weight excluding hydrogens is 184 g/mol. The largest absolute Gasteiger partial charge is 0.198 e. The van der Waals surface area contributed by atoms with Gasteiger partial charge in [0.05, 0.1) is 24.5 Å². The smallest absolute Gasteiger partial charge is 0.0842 e. The summed E-state index contributed by atoms with van der Waals surface area (Å²) in [6.07, 6.45) is 0.220. The number of benzene rings is 1. The number of rotatable bonds is 2. The van der Waals surface area contributed by atoms with Crippen molar-refractivity contribution in [1.82, 2.24) is 0 Å². The first-order chi connectivity index (χ1) is 6.27. The van der Waals surface area contributed by atoms with Gasteiger partial charge in [-0.1, -0.05) is 23.7 Å². The van der Waals surface area contributed by atoms with E-state index in [1.807, 2.05) is 6.07 Å². The topological polar surface area (TPSA) is 47.6 Å². The SMILES string of the molecule is N#CC[C@@H](C#N)c1ccc(Cl)cc1. The fourth-order valence-electron chi connectivity index (χ4n) is 1.02.